The molecule has 0 bridgehead atoms. The molecule has 0 aliphatic rings. The van der Waals surface area contributed by atoms with Gasteiger partial charge >= 0.3 is 0 Å². The Bertz CT molecular complexity index is 1160. The highest BCUT2D eigenvalue weighted by molar-refractivity contribution is 7.84. The van der Waals surface area contributed by atoms with Crippen molar-refractivity contribution in [3.63, 3.8) is 0 Å². The Labute approximate surface area is 164 Å². The Kier molecular flexibility index (Phi) is 4.88. The maximum atomic E-state index is 11.7. The number of rotatable bonds is 4. The molecule has 134 valence electrons. The zero-order valence-corrected chi connectivity index (χ0v) is 16.0. The molecule has 4 nitrogen and oxygen atoms in total. The van der Waals surface area contributed by atoms with E-state index in [1.165, 1.54) is 0 Å². The maximum absolute atomic E-state index is 11.7. The van der Waals surface area contributed by atoms with Crippen LogP contribution < -0.4 is 4.74 Å². The number of hydrogen-bond acceptors (Lipinski definition) is 4. The lowest BCUT2D eigenvalue weighted by Crippen LogP contribution is -1.91. The second kappa shape index (κ2) is 7.47. The topological polar surface area (TPSA) is 52.1 Å². The van der Waals surface area contributed by atoms with Gasteiger partial charge in [0.1, 0.15) is 17.0 Å². The third-order valence-corrected chi connectivity index (χ3v) is 5.25. The average Bonchev–Trinajstić information content (AvgIpc) is 2.68. The molecule has 1 aromatic heterocycles. The normalized spacial score (nSPS) is 12.1. The predicted octanol–water partition coefficient (Wildman–Crippen LogP) is 5.48. The number of ether oxygens (including phenoxy) is 1. The highest BCUT2D eigenvalue weighted by Crippen LogP contribution is 2.28. The summed E-state index contributed by atoms with van der Waals surface area (Å²) in [5, 5.41) is 0.580. The summed E-state index contributed by atoms with van der Waals surface area (Å²) in [7, 11) is -1.06. The third kappa shape index (κ3) is 3.84. The van der Waals surface area contributed by atoms with Crippen LogP contribution in [0.4, 0.5) is 0 Å². The van der Waals surface area contributed by atoms with Gasteiger partial charge in [-0.3, -0.25) is 9.19 Å². The molecule has 0 aliphatic heterocycles. The summed E-state index contributed by atoms with van der Waals surface area (Å²) < 4.78 is 17.6. The summed E-state index contributed by atoms with van der Waals surface area (Å²) in [5.41, 5.74) is 3.04. The minimum absolute atomic E-state index is 0.580. The first-order valence-electron chi connectivity index (χ1n) is 8.23. The quantitative estimate of drug-likeness (QED) is 0.460. The molecule has 4 rings (SSSR count). The number of benzene rings is 3. The summed E-state index contributed by atoms with van der Waals surface area (Å²) >= 11 is 6.16. The molecule has 0 spiro atoms. The van der Waals surface area contributed by atoms with Gasteiger partial charge < -0.3 is 4.74 Å². The molecule has 0 radical (unpaired) electrons. The molecule has 1 atom stereocenters. The van der Waals surface area contributed by atoms with Crippen LogP contribution in [-0.4, -0.2) is 20.4 Å². The summed E-state index contributed by atoms with van der Waals surface area (Å²) in [4.78, 5) is 9.80. The van der Waals surface area contributed by atoms with Crippen molar-refractivity contribution >= 4 is 33.4 Å². The predicted molar refractivity (Wildman–Crippen MR) is 109 cm³/mol. The number of fused-ring (bicyclic) bond motifs is 1. The van der Waals surface area contributed by atoms with E-state index in [-0.39, 0.29) is 0 Å². The summed E-state index contributed by atoms with van der Waals surface area (Å²) in [6.07, 6.45) is 3.35. The molecule has 0 saturated heterocycles. The maximum Gasteiger partial charge on any atom is 0.128 e. The Balaban J connectivity index is 1.67. The van der Waals surface area contributed by atoms with Crippen LogP contribution in [0.15, 0.2) is 77.8 Å². The molecule has 27 heavy (non-hydrogen) atoms. The monoisotopic (exact) mass is 394 g/mol. The Morgan fingerprint density at radius 1 is 0.963 bits per heavy atom. The molecule has 0 saturated carbocycles. The van der Waals surface area contributed by atoms with Gasteiger partial charge in [-0.15, -0.1) is 0 Å². The molecule has 4 aromatic rings. The molecule has 1 heterocycles. The summed E-state index contributed by atoms with van der Waals surface area (Å²) in [6.45, 7) is 0. The van der Waals surface area contributed by atoms with E-state index in [0.29, 0.717) is 22.0 Å². The molecule has 1 unspecified atom stereocenters. The standard InChI is InChI=1S/C21H15ClN2O2S/c1-27(25)17-8-3-7-16(12-17)26-15-6-2-5-14(11-15)20-13-23-21-18(22)9-4-10-19(21)24-20/h2-13H,1H3. The van der Waals surface area contributed by atoms with Gasteiger partial charge in [0.2, 0.25) is 0 Å². The van der Waals surface area contributed by atoms with Crippen molar-refractivity contribution in [2.45, 2.75) is 4.90 Å². The average molecular weight is 395 g/mol. The highest BCUT2D eigenvalue weighted by Gasteiger charge is 2.07. The van der Waals surface area contributed by atoms with Crippen molar-refractivity contribution in [3.05, 3.63) is 77.9 Å². The lowest BCUT2D eigenvalue weighted by molar-refractivity contribution is 0.481. The van der Waals surface area contributed by atoms with Crippen LogP contribution in [0.5, 0.6) is 11.5 Å². The van der Waals surface area contributed by atoms with Crippen molar-refractivity contribution < 1.29 is 8.95 Å². The van der Waals surface area contributed by atoms with Crippen LogP contribution in [0.1, 0.15) is 0 Å². The smallest absolute Gasteiger partial charge is 0.128 e. The van der Waals surface area contributed by atoms with Gasteiger partial charge in [-0.2, -0.15) is 0 Å². The first kappa shape index (κ1) is 17.6. The van der Waals surface area contributed by atoms with Crippen molar-refractivity contribution in [2.75, 3.05) is 6.26 Å². The van der Waals surface area contributed by atoms with Gasteiger partial charge in [0.25, 0.3) is 0 Å². The Morgan fingerprint density at radius 3 is 2.52 bits per heavy atom. The highest BCUT2D eigenvalue weighted by atomic mass is 35.5. The molecule has 6 heteroatoms. The fourth-order valence-corrected chi connectivity index (χ4v) is 3.49. The van der Waals surface area contributed by atoms with E-state index in [2.05, 4.69) is 9.97 Å². The molecule has 0 fully saturated rings. The van der Waals surface area contributed by atoms with Crippen LogP contribution >= 0.6 is 11.6 Å². The second-order valence-corrected chi connectivity index (χ2v) is 7.71. The van der Waals surface area contributed by atoms with Gasteiger partial charge in [0.15, 0.2) is 0 Å². The van der Waals surface area contributed by atoms with Gasteiger partial charge in [0, 0.05) is 27.5 Å². The van der Waals surface area contributed by atoms with E-state index in [4.69, 9.17) is 16.3 Å². The van der Waals surface area contributed by atoms with Gasteiger partial charge in [-0.1, -0.05) is 35.9 Å². The molecule has 0 aliphatic carbocycles. The van der Waals surface area contributed by atoms with Crippen molar-refractivity contribution in [1.29, 1.82) is 0 Å². The van der Waals surface area contributed by atoms with Crippen molar-refractivity contribution in [1.82, 2.24) is 9.97 Å². The minimum atomic E-state index is -1.06. The van der Waals surface area contributed by atoms with E-state index in [1.54, 1.807) is 24.6 Å². The number of aromatic nitrogens is 2. The van der Waals surface area contributed by atoms with Crippen molar-refractivity contribution in [3.8, 4) is 22.8 Å². The van der Waals surface area contributed by atoms with E-state index in [1.807, 2.05) is 54.6 Å². The minimum Gasteiger partial charge on any atom is -0.457 e. The number of para-hydroxylation sites is 1. The van der Waals surface area contributed by atoms with E-state index >= 15 is 0 Å². The van der Waals surface area contributed by atoms with Crippen LogP contribution in [0, 0.1) is 0 Å². The Hall–Kier alpha value is -2.76. The van der Waals surface area contributed by atoms with E-state index in [9.17, 15) is 4.21 Å². The Morgan fingerprint density at radius 2 is 1.70 bits per heavy atom. The third-order valence-electron chi connectivity index (χ3n) is 4.03. The molecular formula is C21H15ClN2O2S. The first-order chi connectivity index (χ1) is 13.1. The first-order valence-corrected chi connectivity index (χ1v) is 10.2. The zero-order valence-electron chi connectivity index (χ0n) is 14.4. The second-order valence-electron chi connectivity index (χ2n) is 5.92. The number of nitrogens with zero attached hydrogens (tertiary/aromatic N) is 2. The van der Waals surface area contributed by atoms with Crippen LogP contribution in [0.2, 0.25) is 5.02 Å². The summed E-state index contributed by atoms with van der Waals surface area (Å²) in [6, 6.07) is 20.4. The molecular weight excluding hydrogens is 380 g/mol. The number of hydrogen-bond donors (Lipinski definition) is 0. The molecule has 0 amide bonds. The number of halogens is 1. The fourth-order valence-electron chi connectivity index (χ4n) is 2.72. The fraction of sp³-hybridized carbons (Fsp3) is 0.0476. The van der Waals surface area contributed by atoms with Gasteiger partial charge in [-0.25, -0.2) is 4.98 Å². The lowest BCUT2D eigenvalue weighted by Gasteiger charge is -2.09. The van der Waals surface area contributed by atoms with E-state index < -0.39 is 10.8 Å². The van der Waals surface area contributed by atoms with Crippen LogP contribution in [-0.2, 0) is 10.8 Å². The largest absolute Gasteiger partial charge is 0.457 e. The van der Waals surface area contributed by atoms with Crippen LogP contribution in [0.25, 0.3) is 22.3 Å². The molecule has 3 aromatic carbocycles. The van der Waals surface area contributed by atoms with Gasteiger partial charge in [0.05, 0.1) is 22.4 Å². The lowest BCUT2D eigenvalue weighted by atomic mass is 10.1. The van der Waals surface area contributed by atoms with Gasteiger partial charge in [-0.05, 0) is 42.5 Å². The van der Waals surface area contributed by atoms with Crippen LogP contribution in [0.3, 0.4) is 0 Å². The summed E-state index contributed by atoms with van der Waals surface area (Å²) in [5.74, 6) is 1.30. The van der Waals surface area contributed by atoms with E-state index in [0.717, 1.165) is 21.7 Å². The van der Waals surface area contributed by atoms with Crippen molar-refractivity contribution in [2.24, 2.45) is 0 Å². The molecule has 0 N–H and O–H groups in total. The zero-order chi connectivity index (χ0) is 18.8. The SMILES string of the molecule is CS(=O)c1cccc(Oc2cccc(-c3cnc4c(Cl)cccc4n3)c2)c1.